The molecule has 0 radical (unpaired) electrons. The molecule has 1 unspecified atom stereocenters. The Hall–Kier alpha value is -0.860. The van der Waals surface area contributed by atoms with E-state index in [1.54, 1.807) is 0 Å². The van der Waals surface area contributed by atoms with Crippen LogP contribution in [0.2, 0.25) is 0 Å². The van der Waals surface area contributed by atoms with Gasteiger partial charge in [-0.15, -0.1) is 0 Å². The fraction of sp³-hybridized carbons (Fsp3) is 0.647. The molecule has 1 aromatic carbocycles. The molecule has 1 saturated heterocycles. The van der Waals surface area contributed by atoms with Gasteiger partial charge in [0, 0.05) is 11.6 Å². The van der Waals surface area contributed by atoms with Crippen LogP contribution in [0.3, 0.4) is 0 Å². The zero-order valence-electron chi connectivity index (χ0n) is 12.1. The molecule has 1 aliphatic heterocycles. The van der Waals surface area contributed by atoms with E-state index in [4.69, 9.17) is 5.73 Å². The molecule has 2 heteroatoms. The fourth-order valence-corrected chi connectivity index (χ4v) is 4.20. The van der Waals surface area contributed by atoms with E-state index in [-0.39, 0.29) is 11.6 Å². The average Bonchev–Trinajstić information content (AvgIpc) is 3.10. The Balaban J connectivity index is 1.94. The molecule has 2 N–H and O–H groups in total. The molecule has 19 heavy (non-hydrogen) atoms. The van der Waals surface area contributed by atoms with Gasteiger partial charge in [0.05, 0.1) is 0 Å². The second-order valence-electron chi connectivity index (χ2n) is 6.34. The van der Waals surface area contributed by atoms with Crippen molar-refractivity contribution in [2.75, 3.05) is 13.1 Å². The van der Waals surface area contributed by atoms with Crippen molar-refractivity contribution in [2.24, 2.45) is 5.73 Å². The number of nitrogens with two attached hydrogens (primary N) is 1. The highest BCUT2D eigenvalue weighted by molar-refractivity contribution is 5.32. The lowest BCUT2D eigenvalue weighted by molar-refractivity contribution is 0.0919. The summed E-state index contributed by atoms with van der Waals surface area (Å²) in [5, 5.41) is 0. The van der Waals surface area contributed by atoms with Crippen LogP contribution < -0.4 is 5.73 Å². The summed E-state index contributed by atoms with van der Waals surface area (Å²) in [4.78, 5) is 2.71. The highest BCUT2D eigenvalue weighted by atomic mass is 15.2. The van der Waals surface area contributed by atoms with Crippen molar-refractivity contribution in [2.45, 2.75) is 57.0 Å². The van der Waals surface area contributed by atoms with Crippen molar-refractivity contribution in [1.82, 2.24) is 4.90 Å². The Morgan fingerprint density at radius 2 is 1.68 bits per heavy atom. The van der Waals surface area contributed by atoms with Gasteiger partial charge in [-0.25, -0.2) is 0 Å². The summed E-state index contributed by atoms with van der Waals surface area (Å²) in [6, 6.07) is 8.85. The zero-order chi connectivity index (χ0) is 13.3. The predicted octanol–water partition coefficient (Wildman–Crippen LogP) is 3.40. The molecule has 1 heterocycles. The Morgan fingerprint density at radius 1 is 1.05 bits per heavy atom. The molecule has 2 nitrogen and oxygen atoms in total. The van der Waals surface area contributed by atoms with Crippen LogP contribution in [0.4, 0.5) is 0 Å². The number of likely N-dealkylation sites (tertiary alicyclic amines) is 1. The van der Waals surface area contributed by atoms with Crippen molar-refractivity contribution in [3.8, 4) is 0 Å². The van der Waals surface area contributed by atoms with Gasteiger partial charge in [0.2, 0.25) is 0 Å². The van der Waals surface area contributed by atoms with Crippen LogP contribution in [0.5, 0.6) is 0 Å². The number of hydrogen-bond acceptors (Lipinski definition) is 2. The van der Waals surface area contributed by atoms with Crippen molar-refractivity contribution >= 4 is 0 Å². The lowest BCUT2D eigenvalue weighted by atomic mass is 9.81. The van der Waals surface area contributed by atoms with E-state index in [2.05, 4.69) is 36.1 Å². The van der Waals surface area contributed by atoms with Crippen molar-refractivity contribution < 1.29 is 0 Å². The third kappa shape index (κ3) is 2.21. The smallest absolute Gasteiger partial charge is 0.0484 e. The molecule has 1 atom stereocenters. The van der Waals surface area contributed by atoms with Crippen molar-refractivity contribution in [1.29, 1.82) is 0 Å². The van der Waals surface area contributed by atoms with E-state index in [0.29, 0.717) is 0 Å². The van der Waals surface area contributed by atoms with E-state index < -0.39 is 0 Å². The van der Waals surface area contributed by atoms with Crippen molar-refractivity contribution in [3.63, 3.8) is 0 Å². The summed E-state index contributed by atoms with van der Waals surface area (Å²) in [6.45, 7) is 4.70. The van der Waals surface area contributed by atoms with E-state index >= 15 is 0 Å². The van der Waals surface area contributed by atoms with Gasteiger partial charge in [0.15, 0.2) is 0 Å². The Labute approximate surface area is 117 Å². The first kappa shape index (κ1) is 13.1. The largest absolute Gasteiger partial charge is 0.322 e. The topological polar surface area (TPSA) is 29.3 Å². The quantitative estimate of drug-likeness (QED) is 0.900. The molecule has 1 aromatic rings. The maximum absolute atomic E-state index is 6.77. The molecular weight excluding hydrogens is 232 g/mol. The number of rotatable bonds is 3. The number of aryl methyl sites for hydroxylation is 1. The second-order valence-corrected chi connectivity index (χ2v) is 6.34. The molecule has 0 spiro atoms. The van der Waals surface area contributed by atoms with Crippen LogP contribution in [0.25, 0.3) is 0 Å². The van der Waals surface area contributed by atoms with Gasteiger partial charge in [0.25, 0.3) is 0 Å². The van der Waals surface area contributed by atoms with E-state index in [0.717, 1.165) is 0 Å². The molecule has 104 valence electrons. The first-order valence-electron chi connectivity index (χ1n) is 7.80. The summed E-state index contributed by atoms with van der Waals surface area (Å²) >= 11 is 0. The molecule has 1 aliphatic carbocycles. The van der Waals surface area contributed by atoms with Crippen molar-refractivity contribution in [3.05, 3.63) is 35.4 Å². The van der Waals surface area contributed by atoms with Crippen LogP contribution in [0.15, 0.2) is 24.3 Å². The van der Waals surface area contributed by atoms with Crippen LogP contribution in [-0.2, 0) is 0 Å². The molecule has 2 fully saturated rings. The second kappa shape index (κ2) is 5.26. The van der Waals surface area contributed by atoms with Gasteiger partial charge in [-0.05, 0) is 56.8 Å². The molecule has 0 amide bonds. The zero-order valence-corrected chi connectivity index (χ0v) is 12.1. The van der Waals surface area contributed by atoms with Gasteiger partial charge < -0.3 is 5.73 Å². The lowest BCUT2D eigenvalue weighted by Crippen LogP contribution is -2.52. The first-order valence-corrected chi connectivity index (χ1v) is 7.80. The standard InChI is InChI=1S/C17H26N2/c1-14-8-2-3-9-15(14)16(18)17(10-4-5-11-17)19-12-6-7-13-19/h2-3,8-9,16H,4-7,10-13,18H2,1H3. The van der Waals surface area contributed by atoms with Gasteiger partial charge in [0.1, 0.15) is 0 Å². The van der Waals surface area contributed by atoms with Crippen LogP contribution >= 0.6 is 0 Å². The molecule has 2 aliphatic rings. The maximum atomic E-state index is 6.77. The van der Waals surface area contributed by atoms with Gasteiger partial charge in [-0.3, -0.25) is 4.90 Å². The number of benzene rings is 1. The normalized spacial score (nSPS) is 24.7. The van der Waals surface area contributed by atoms with E-state index in [1.807, 2.05) is 0 Å². The minimum absolute atomic E-state index is 0.175. The average molecular weight is 258 g/mol. The van der Waals surface area contributed by atoms with E-state index in [9.17, 15) is 0 Å². The SMILES string of the molecule is Cc1ccccc1C(N)C1(N2CCCC2)CCCC1. The molecule has 0 aromatic heterocycles. The minimum Gasteiger partial charge on any atom is -0.322 e. The maximum Gasteiger partial charge on any atom is 0.0484 e. The number of nitrogens with zero attached hydrogens (tertiary/aromatic N) is 1. The Morgan fingerprint density at radius 3 is 2.32 bits per heavy atom. The predicted molar refractivity (Wildman–Crippen MR) is 80.1 cm³/mol. The van der Waals surface area contributed by atoms with Crippen LogP contribution in [0.1, 0.15) is 55.7 Å². The molecule has 3 rings (SSSR count). The van der Waals surface area contributed by atoms with Crippen LogP contribution in [0, 0.1) is 6.92 Å². The van der Waals surface area contributed by atoms with Gasteiger partial charge in [-0.2, -0.15) is 0 Å². The third-order valence-corrected chi connectivity index (χ3v) is 5.31. The molecular formula is C17H26N2. The fourth-order valence-electron chi connectivity index (χ4n) is 4.20. The summed E-state index contributed by atoms with van der Waals surface area (Å²) in [5.74, 6) is 0. The highest BCUT2D eigenvalue weighted by Crippen LogP contribution is 2.45. The highest BCUT2D eigenvalue weighted by Gasteiger charge is 2.45. The number of hydrogen-bond donors (Lipinski definition) is 1. The summed E-state index contributed by atoms with van der Waals surface area (Å²) in [6.07, 6.45) is 7.95. The molecule has 0 bridgehead atoms. The summed E-state index contributed by atoms with van der Waals surface area (Å²) < 4.78 is 0. The monoisotopic (exact) mass is 258 g/mol. The van der Waals surface area contributed by atoms with Gasteiger partial charge in [-0.1, -0.05) is 37.1 Å². The first-order chi connectivity index (χ1) is 9.24. The minimum atomic E-state index is 0.175. The Bertz CT molecular complexity index is 429. The van der Waals surface area contributed by atoms with Gasteiger partial charge >= 0.3 is 0 Å². The van der Waals surface area contributed by atoms with E-state index in [1.165, 1.54) is 62.7 Å². The Kier molecular flexibility index (Phi) is 3.64. The summed E-state index contributed by atoms with van der Waals surface area (Å²) in [7, 11) is 0. The van der Waals surface area contributed by atoms with Crippen LogP contribution in [-0.4, -0.2) is 23.5 Å². The summed E-state index contributed by atoms with van der Waals surface area (Å²) in [5.41, 5.74) is 9.72. The lowest BCUT2D eigenvalue weighted by Gasteiger charge is -2.44. The third-order valence-electron chi connectivity index (χ3n) is 5.31. The molecule has 1 saturated carbocycles.